The number of para-hydroxylation sites is 2. The van der Waals surface area contributed by atoms with Gasteiger partial charge in [-0.15, -0.1) is 6.58 Å². The highest BCUT2D eigenvalue weighted by molar-refractivity contribution is 5.79. The molecule has 1 unspecified atom stereocenters. The van der Waals surface area contributed by atoms with Crippen LogP contribution in [0.15, 0.2) is 41.9 Å². The van der Waals surface area contributed by atoms with Gasteiger partial charge in [-0.2, -0.15) is 0 Å². The normalized spacial score (nSPS) is 12.4. The zero-order valence-electron chi connectivity index (χ0n) is 12.3. The van der Waals surface area contributed by atoms with Crippen molar-refractivity contribution in [2.75, 3.05) is 27.2 Å². The van der Waals surface area contributed by atoms with Crippen molar-refractivity contribution in [3.63, 3.8) is 0 Å². The highest BCUT2D eigenvalue weighted by atomic mass is 16.5. The second-order valence-corrected chi connectivity index (χ2v) is 4.20. The molecule has 0 spiro atoms. The fraction of sp³-hybridized carbons (Fsp3) is 0.400. The molecule has 5 nitrogen and oxygen atoms in total. The zero-order valence-corrected chi connectivity index (χ0v) is 12.3. The van der Waals surface area contributed by atoms with Gasteiger partial charge in [-0.1, -0.05) is 18.2 Å². The maximum absolute atomic E-state index is 5.85. The van der Waals surface area contributed by atoms with E-state index in [1.54, 1.807) is 20.2 Å². The van der Waals surface area contributed by atoms with Gasteiger partial charge in [0.1, 0.15) is 6.10 Å². The summed E-state index contributed by atoms with van der Waals surface area (Å²) in [5.74, 6) is 2.19. The smallest absolute Gasteiger partial charge is 0.191 e. The van der Waals surface area contributed by atoms with Gasteiger partial charge in [-0.3, -0.25) is 4.99 Å². The third-order valence-electron chi connectivity index (χ3n) is 2.59. The third-order valence-corrected chi connectivity index (χ3v) is 2.59. The molecule has 2 N–H and O–H groups in total. The molecule has 0 saturated carbocycles. The Labute approximate surface area is 120 Å². The van der Waals surface area contributed by atoms with Gasteiger partial charge >= 0.3 is 0 Å². The van der Waals surface area contributed by atoms with Gasteiger partial charge in [0.15, 0.2) is 17.5 Å². The molecule has 0 aliphatic heterocycles. The number of guanidine groups is 1. The molecule has 0 fully saturated rings. The monoisotopic (exact) mass is 277 g/mol. The Bertz CT molecular complexity index is 446. The lowest BCUT2D eigenvalue weighted by molar-refractivity contribution is 0.213. The second kappa shape index (κ2) is 8.85. The molecule has 0 heterocycles. The molecule has 0 aromatic heterocycles. The van der Waals surface area contributed by atoms with E-state index in [0.717, 1.165) is 17.5 Å². The highest BCUT2D eigenvalue weighted by Crippen LogP contribution is 2.26. The quantitative estimate of drug-likeness (QED) is 0.453. The number of hydrogen-bond donors (Lipinski definition) is 2. The van der Waals surface area contributed by atoms with Crippen molar-refractivity contribution in [3.05, 3.63) is 36.9 Å². The van der Waals surface area contributed by atoms with Crippen molar-refractivity contribution < 1.29 is 9.47 Å². The first-order valence-electron chi connectivity index (χ1n) is 6.56. The molecule has 1 aromatic rings. The molecule has 0 radical (unpaired) electrons. The van der Waals surface area contributed by atoms with Crippen molar-refractivity contribution in [2.24, 2.45) is 4.99 Å². The molecule has 1 atom stereocenters. The Morgan fingerprint density at radius 1 is 1.35 bits per heavy atom. The van der Waals surface area contributed by atoms with Crippen LogP contribution in [0.1, 0.15) is 6.92 Å². The molecule has 1 rings (SSSR count). The van der Waals surface area contributed by atoms with Crippen LogP contribution in [0.2, 0.25) is 0 Å². The lowest BCUT2D eigenvalue weighted by atomic mass is 10.3. The minimum atomic E-state index is -0.0198. The average molecular weight is 277 g/mol. The molecule has 5 heteroatoms. The molecule has 0 aliphatic carbocycles. The van der Waals surface area contributed by atoms with Gasteiger partial charge in [0, 0.05) is 13.6 Å². The number of nitrogens with one attached hydrogen (secondary N) is 2. The van der Waals surface area contributed by atoms with Crippen LogP contribution in [0.3, 0.4) is 0 Å². The summed E-state index contributed by atoms with van der Waals surface area (Å²) in [6.07, 6.45) is 1.76. The molecule has 0 aliphatic rings. The lowest BCUT2D eigenvalue weighted by Crippen LogP contribution is -2.41. The van der Waals surface area contributed by atoms with E-state index in [2.05, 4.69) is 22.2 Å². The van der Waals surface area contributed by atoms with Crippen molar-refractivity contribution >= 4 is 5.96 Å². The zero-order chi connectivity index (χ0) is 14.8. The van der Waals surface area contributed by atoms with Gasteiger partial charge in [-0.25, -0.2) is 0 Å². The van der Waals surface area contributed by atoms with Crippen molar-refractivity contribution in [2.45, 2.75) is 13.0 Å². The van der Waals surface area contributed by atoms with Crippen LogP contribution in [0.4, 0.5) is 0 Å². The Morgan fingerprint density at radius 3 is 2.65 bits per heavy atom. The van der Waals surface area contributed by atoms with Gasteiger partial charge in [0.2, 0.25) is 0 Å². The topological polar surface area (TPSA) is 54.9 Å². The van der Waals surface area contributed by atoms with E-state index < -0.39 is 0 Å². The van der Waals surface area contributed by atoms with E-state index >= 15 is 0 Å². The standard InChI is InChI=1S/C15H23N3O2/c1-5-10-17-15(16-3)18-11-12(2)20-14-9-7-6-8-13(14)19-4/h5-9,12H,1,10-11H2,2-4H3,(H2,16,17,18). The van der Waals surface area contributed by atoms with E-state index in [0.29, 0.717) is 13.1 Å². The molecular formula is C15H23N3O2. The third kappa shape index (κ3) is 5.22. The number of methoxy groups -OCH3 is 1. The van der Waals surface area contributed by atoms with E-state index in [1.165, 1.54) is 0 Å². The fourth-order valence-corrected chi connectivity index (χ4v) is 1.60. The van der Waals surface area contributed by atoms with E-state index in [4.69, 9.17) is 9.47 Å². The SMILES string of the molecule is C=CCNC(=NC)NCC(C)Oc1ccccc1OC. The number of rotatable bonds is 7. The summed E-state index contributed by atoms with van der Waals surface area (Å²) in [4.78, 5) is 4.10. The van der Waals surface area contributed by atoms with Crippen LogP contribution in [0.5, 0.6) is 11.5 Å². The van der Waals surface area contributed by atoms with Gasteiger partial charge in [-0.05, 0) is 19.1 Å². The first kappa shape index (κ1) is 15.9. The molecule has 0 saturated heterocycles. The van der Waals surface area contributed by atoms with Crippen molar-refractivity contribution in [1.29, 1.82) is 0 Å². The van der Waals surface area contributed by atoms with Crippen molar-refractivity contribution in [3.8, 4) is 11.5 Å². The average Bonchev–Trinajstić information content (AvgIpc) is 2.48. The Morgan fingerprint density at radius 2 is 2.05 bits per heavy atom. The number of benzene rings is 1. The maximum Gasteiger partial charge on any atom is 0.191 e. The minimum Gasteiger partial charge on any atom is -0.493 e. The van der Waals surface area contributed by atoms with Crippen LogP contribution >= 0.6 is 0 Å². The molecular weight excluding hydrogens is 254 g/mol. The molecule has 0 bridgehead atoms. The summed E-state index contributed by atoms with van der Waals surface area (Å²) in [7, 11) is 3.36. The van der Waals surface area contributed by atoms with Crippen LogP contribution < -0.4 is 20.1 Å². The second-order valence-electron chi connectivity index (χ2n) is 4.20. The van der Waals surface area contributed by atoms with Crippen LogP contribution in [0.25, 0.3) is 0 Å². The Kier molecular flexibility index (Phi) is 7.03. The molecule has 1 aromatic carbocycles. The lowest BCUT2D eigenvalue weighted by Gasteiger charge is -2.18. The summed E-state index contributed by atoms with van der Waals surface area (Å²) in [5, 5.41) is 6.29. The molecule has 20 heavy (non-hydrogen) atoms. The fourth-order valence-electron chi connectivity index (χ4n) is 1.60. The van der Waals surface area contributed by atoms with Crippen LogP contribution in [-0.4, -0.2) is 39.3 Å². The number of hydrogen-bond acceptors (Lipinski definition) is 3. The minimum absolute atomic E-state index is 0.0198. The molecule has 110 valence electrons. The van der Waals surface area contributed by atoms with Gasteiger partial charge in [0.25, 0.3) is 0 Å². The van der Waals surface area contributed by atoms with E-state index in [-0.39, 0.29) is 6.10 Å². The first-order chi connectivity index (χ1) is 9.71. The summed E-state index contributed by atoms with van der Waals surface area (Å²) in [6, 6.07) is 7.60. The summed E-state index contributed by atoms with van der Waals surface area (Å²) >= 11 is 0. The first-order valence-corrected chi connectivity index (χ1v) is 6.56. The largest absolute Gasteiger partial charge is 0.493 e. The van der Waals surface area contributed by atoms with E-state index in [9.17, 15) is 0 Å². The number of ether oxygens (including phenoxy) is 2. The van der Waals surface area contributed by atoms with E-state index in [1.807, 2.05) is 31.2 Å². The summed E-state index contributed by atoms with van der Waals surface area (Å²) in [5.41, 5.74) is 0. The van der Waals surface area contributed by atoms with Crippen LogP contribution in [-0.2, 0) is 0 Å². The predicted octanol–water partition coefficient (Wildman–Crippen LogP) is 1.81. The summed E-state index contributed by atoms with van der Waals surface area (Å²) in [6.45, 7) is 6.94. The molecule has 0 amide bonds. The predicted molar refractivity (Wildman–Crippen MR) is 82.6 cm³/mol. The Balaban J connectivity index is 2.47. The van der Waals surface area contributed by atoms with Crippen LogP contribution in [0, 0.1) is 0 Å². The van der Waals surface area contributed by atoms with Gasteiger partial charge in [0.05, 0.1) is 13.7 Å². The Hall–Kier alpha value is -2.17. The number of nitrogens with zero attached hydrogens (tertiary/aromatic N) is 1. The van der Waals surface area contributed by atoms with Gasteiger partial charge < -0.3 is 20.1 Å². The maximum atomic E-state index is 5.85. The highest BCUT2D eigenvalue weighted by Gasteiger charge is 2.08. The van der Waals surface area contributed by atoms with Crippen molar-refractivity contribution in [1.82, 2.24) is 10.6 Å². The number of aliphatic imine (C=N–C) groups is 1. The summed E-state index contributed by atoms with van der Waals surface area (Å²) < 4.78 is 11.1.